The van der Waals surface area contributed by atoms with Gasteiger partial charge in [0, 0.05) is 30.8 Å². The predicted molar refractivity (Wildman–Crippen MR) is 168 cm³/mol. The van der Waals surface area contributed by atoms with Gasteiger partial charge in [0.15, 0.2) is 0 Å². The number of nitrogens with zero attached hydrogens (tertiary/aromatic N) is 2. The average molecular weight is 595 g/mol. The molecule has 41 heavy (non-hydrogen) atoms. The van der Waals surface area contributed by atoms with Crippen LogP contribution in [0.15, 0.2) is 31.3 Å². The number of hydrogen-bond acceptors (Lipinski definition) is 6. The number of H-pyrrole nitrogens is 2. The molecular formula is C30H51ClN6O4. The molecule has 0 saturated heterocycles. The molecule has 2 aromatic heterocycles. The SMILES string of the molecule is CC(C)n1c(=O)cc(Cl)[nH]c1=O.CC(C)n1c(=O)cc(NCC2CCCCCC2)[nH]c1=O.NCC1CCCCCC1. The number of rotatable bonds is 6. The van der Waals surface area contributed by atoms with Crippen LogP contribution in [0.5, 0.6) is 0 Å². The minimum atomic E-state index is -0.470. The van der Waals surface area contributed by atoms with Gasteiger partial charge in [-0.3, -0.25) is 28.7 Å². The standard InChI is InChI=1S/C15H25N3O2.C8H17N.C7H9ClN2O2/c1-11(2)18-14(19)9-13(17-15(18)20)16-10-12-7-5-3-4-6-8-12;9-7-8-5-3-1-2-4-6-8;1-4(2)10-6(11)3-5(8)9-7(10)12/h9,11-12,16H,3-8,10H2,1-2H3,(H,17,20);8H,1-7,9H2;3-4H,1-2H3,(H,9,12). The van der Waals surface area contributed by atoms with Crippen molar-refractivity contribution >= 4 is 17.4 Å². The molecule has 2 aliphatic carbocycles. The maximum atomic E-state index is 11.9. The highest BCUT2D eigenvalue weighted by Crippen LogP contribution is 2.23. The van der Waals surface area contributed by atoms with Crippen LogP contribution in [-0.2, 0) is 0 Å². The molecule has 2 saturated carbocycles. The van der Waals surface area contributed by atoms with Gasteiger partial charge in [-0.1, -0.05) is 63.0 Å². The van der Waals surface area contributed by atoms with Crippen molar-refractivity contribution in [3.8, 4) is 0 Å². The van der Waals surface area contributed by atoms with Crippen molar-refractivity contribution in [2.75, 3.05) is 18.4 Å². The lowest BCUT2D eigenvalue weighted by atomic mass is 10.0. The summed E-state index contributed by atoms with van der Waals surface area (Å²) in [7, 11) is 0. The number of anilines is 1. The second-order valence-electron chi connectivity index (χ2n) is 11.8. The lowest BCUT2D eigenvalue weighted by molar-refractivity contribution is 0.471. The molecule has 11 heteroatoms. The zero-order valence-electron chi connectivity index (χ0n) is 25.3. The summed E-state index contributed by atoms with van der Waals surface area (Å²) in [4.78, 5) is 51.2. The highest BCUT2D eigenvalue weighted by molar-refractivity contribution is 6.29. The van der Waals surface area contributed by atoms with Crippen molar-refractivity contribution in [1.82, 2.24) is 19.1 Å². The monoisotopic (exact) mass is 594 g/mol. The minimum absolute atomic E-state index is 0.0712. The Labute approximate surface area is 248 Å². The quantitative estimate of drug-likeness (QED) is 0.267. The first-order chi connectivity index (χ1) is 19.5. The molecule has 2 aromatic rings. The van der Waals surface area contributed by atoms with E-state index >= 15 is 0 Å². The Kier molecular flexibility index (Phi) is 15.2. The van der Waals surface area contributed by atoms with E-state index in [0.29, 0.717) is 11.7 Å². The predicted octanol–water partition coefficient (Wildman–Crippen LogP) is 5.19. The van der Waals surface area contributed by atoms with Crippen molar-refractivity contribution in [2.45, 2.75) is 117 Å². The number of aromatic amines is 2. The van der Waals surface area contributed by atoms with Gasteiger partial charge in [-0.05, 0) is 71.8 Å². The van der Waals surface area contributed by atoms with E-state index in [2.05, 4.69) is 15.3 Å². The largest absolute Gasteiger partial charge is 0.371 e. The summed E-state index contributed by atoms with van der Waals surface area (Å²) in [6.07, 6.45) is 16.2. The van der Waals surface area contributed by atoms with Gasteiger partial charge >= 0.3 is 11.4 Å². The van der Waals surface area contributed by atoms with Crippen LogP contribution in [-0.4, -0.2) is 32.2 Å². The molecule has 0 amide bonds. The molecule has 0 unspecified atom stereocenters. The molecule has 0 aliphatic heterocycles. The lowest BCUT2D eigenvalue weighted by Gasteiger charge is -2.16. The second-order valence-corrected chi connectivity index (χ2v) is 12.3. The summed E-state index contributed by atoms with van der Waals surface area (Å²) in [6.45, 7) is 8.92. The van der Waals surface area contributed by atoms with Crippen LogP contribution in [0.25, 0.3) is 0 Å². The topological polar surface area (TPSA) is 148 Å². The normalized spacial score (nSPS) is 16.7. The Hall–Kier alpha value is -2.59. The summed E-state index contributed by atoms with van der Waals surface area (Å²) in [6, 6.07) is 2.39. The molecule has 2 fully saturated rings. The van der Waals surface area contributed by atoms with E-state index in [1.807, 2.05) is 13.8 Å². The van der Waals surface area contributed by atoms with E-state index in [1.165, 1.54) is 93.7 Å². The number of nitrogens with one attached hydrogen (secondary N) is 3. The van der Waals surface area contributed by atoms with Crippen molar-refractivity contribution in [1.29, 1.82) is 0 Å². The first-order valence-corrected chi connectivity index (χ1v) is 15.7. The molecule has 4 rings (SSSR count). The molecule has 0 radical (unpaired) electrons. The highest BCUT2D eigenvalue weighted by Gasteiger charge is 2.13. The number of halogens is 1. The van der Waals surface area contributed by atoms with Crippen LogP contribution in [0, 0.1) is 11.8 Å². The summed E-state index contributed by atoms with van der Waals surface area (Å²) in [5, 5.41) is 3.29. The van der Waals surface area contributed by atoms with E-state index in [9.17, 15) is 19.2 Å². The Balaban J connectivity index is 0.000000237. The fourth-order valence-electron chi connectivity index (χ4n) is 5.48. The van der Waals surface area contributed by atoms with E-state index < -0.39 is 5.69 Å². The Morgan fingerprint density at radius 2 is 1.20 bits per heavy atom. The number of hydrogen-bond donors (Lipinski definition) is 4. The van der Waals surface area contributed by atoms with Crippen LogP contribution in [0.4, 0.5) is 5.82 Å². The Morgan fingerprint density at radius 3 is 1.61 bits per heavy atom. The number of nitrogens with two attached hydrogens (primary N) is 1. The first kappa shape index (κ1) is 34.6. The van der Waals surface area contributed by atoms with Gasteiger partial charge in [-0.25, -0.2) is 9.59 Å². The van der Waals surface area contributed by atoms with Gasteiger partial charge in [0.05, 0.1) is 0 Å². The van der Waals surface area contributed by atoms with Crippen LogP contribution in [0.1, 0.15) is 117 Å². The van der Waals surface area contributed by atoms with Gasteiger partial charge in [0.2, 0.25) is 0 Å². The van der Waals surface area contributed by atoms with Crippen molar-refractivity contribution in [2.24, 2.45) is 17.6 Å². The Morgan fingerprint density at radius 1 is 0.756 bits per heavy atom. The molecule has 2 heterocycles. The molecule has 232 valence electrons. The molecule has 10 nitrogen and oxygen atoms in total. The van der Waals surface area contributed by atoms with Crippen molar-refractivity contribution < 1.29 is 0 Å². The lowest BCUT2D eigenvalue weighted by Crippen LogP contribution is -2.36. The maximum Gasteiger partial charge on any atom is 0.330 e. The van der Waals surface area contributed by atoms with E-state index in [4.69, 9.17) is 17.3 Å². The maximum absolute atomic E-state index is 11.9. The zero-order valence-corrected chi connectivity index (χ0v) is 26.1. The van der Waals surface area contributed by atoms with E-state index in [-0.39, 0.29) is 34.0 Å². The molecular weight excluding hydrogens is 544 g/mol. The van der Waals surface area contributed by atoms with Gasteiger partial charge in [0.25, 0.3) is 11.1 Å². The van der Waals surface area contributed by atoms with Gasteiger partial charge in [0.1, 0.15) is 11.0 Å². The molecule has 0 spiro atoms. The average Bonchev–Trinajstić information content (AvgIpc) is 3.32. The zero-order chi connectivity index (χ0) is 30.4. The van der Waals surface area contributed by atoms with Gasteiger partial charge < -0.3 is 11.1 Å². The smallest absolute Gasteiger partial charge is 0.330 e. The van der Waals surface area contributed by atoms with Gasteiger partial charge in [-0.15, -0.1) is 0 Å². The Bertz CT molecular complexity index is 1200. The van der Waals surface area contributed by atoms with Crippen LogP contribution in [0.2, 0.25) is 5.15 Å². The molecule has 2 aliphatic rings. The molecule has 0 atom stereocenters. The minimum Gasteiger partial charge on any atom is -0.371 e. The van der Waals surface area contributed by atoms with Crippen LogP contribution in [0.3, 0.4) is 0 Å². The van der Waals surface area contributed by atoms with Crippen LogP contribution >= 0.6 is 11.6 Å². The fraction of sp³-hybridized carbons (Fsp3) is 0.733. The fourth-order valence-corrected chi connectivity index (χ4v) is 5.65. The summed E-state index contributed by atoms with van der Waals surface area (Å²) < 4.78 is 2.34. The third-order valence-corrected chi connectivity index (χ3v) is 8.00. The van der Waals surface area contributed by atoms with Crippen LogP contribution < -0.4 is 33.5 Å². The molecule has 0 bridgehead atoms. The van der Waals surface area contributed by atoms with E-state index in [1.54, 1.807) is 13.8 Å². The first-order valence-electron chi connectivity index (χ1n) is 15.3. The summed E-state index contributed by atoms with van der Waals surface area (Å²) >= 11 is 5.46. The summed E-state index contributed by atoms with van der Waals surface area (Å²) in [5.41, 5.74) is 4.15. The second kappa shape index (κ2) is 18.1. The van der Waals surface area contributed by atoms with Crippen molar-refractivity contribution in [3.63, 3.8) is 0 Å². The van der Waals surface area contributed by atoms with Gasteiger partial charge in [-0.2, -0.15) is 0 Å². The van der Waals surface area contributed by atoms with E-state index in [0.717, 1.165) is 23.6 Å². The third-order valence-electron chi connectivity index (χ3n) is 7.80. The highest BCUT2D eigenvalue weighted by atomic mass is 35.5. The molecule has 5 N–H and O–H groups in total. The molecule has 0 aromatic carbocycles. The number of aromatic nitrogens is 4. The summed E-state index contributed by atoms with van der Waals surface area (Å²) in [5.74, 6) is 2.04. The third kappa shape index (κ3) is 12.0. The van der Waals surface area contributed by atoms with Crippen molar-refractivity contribution in [3.05, 3.63) is 59.0 Å².